The van der Waals surface area contributed by atoms with E-state index in [2.05, 4.69) is 25.3 Å². The zero-order chi connectivity index (χ0) is 19.0. The van der Waals surface area contributed by atoms with Crippen molar-refractivity contribution in [3.8, 4) is 11.3 Å². The molecule has 7 nitrogen and oxygen atoms in total. The van der Waals surface area contributed by atoms with Crippen molar-refractivity contribution in [1.82, 2.24) is 19.9 Å². The Morgan fingerprint density at radius 3 is 2.81 bits per heavy atom. The highest BCUT2D eigenvalue weighted by atomic mass is 35.5. The fourth-order valence-electron chi connectivity index (χ4n) is 2.53. The van der Waals surface area contributed by atoms with Gasteiger partial charge in [-0.05, 0) is 18.2 Å². The molecule has 1 N–H and O–H groups in total. The molecule has 134 valence electrons. The zero-order valence-electron chi connectivity index (χ0n) is 13.9. The molecule has 0 fully saturated rings. The first-order valence-corrected chi connectivity index (χ1v) is 8.19. The van der Waals surface area contributed by atoms with Crippen molar-refractivity contribution in [3.63, 3.8) is 0 Å². The van der Waals surface area contributed by atoms with Gasteiger partial charge in [0.2, 0.25) is 0 Å². The van der Waals surface area contributed by atoms with Crippen molar-refractivity contribution in [3.05, 3.63) is 65.3 Å². The number of pyridine rings is 1. The molecule has 3 aromatic heterocycles. The first kappa shape index (κ1) is 17.0. The maximum atomic E-state index is 13.6. The fraction of sp³-hybridized carbons (Fsp3) is 0.0556. The number of nitrogens with zero attached hydrogens (tertiary/aromatic N) is 4. The Hall–Kier alpha value is -3.39. The van der Waals surface area contributed by atoms with Gasteiger partial charge in [0, 0.05) is 18.7 Å². The molecule has 0 aliphatic carbocycles. The Morgan fingerprint density at radius 1 is 1.22 bits per heavy atom. The van der Waals surface area contributed by atoms with Gasteiger partial charge in [-0.15, -0.1) is 0 Å². The number of amides is 1. The lowest BCUT2D eigenvalue weighted by molar-refractivity contribution is 0.102. The Labute approximate surface area is 157 Å². The van der Waals surface area contributed by atoms with Crippen LogP contribution in [0, 0.1) is 12.7 Å². The summed E-state index contributed by atoms with van der Waals surface area (Å²) in [6, 6.07) is 4.69. The third-order valence-corrected chi connectivity index (χ3v) is 4.08. The number of benzene rings is 1. The minimum Gasteiger partial charge on any atom is -0.441 e. The number of carbonyl (C=O) groups excluding carboxylic acids is 1. The standard InChI is InChI=1S/C18H11ClFN5O2/c1-9-24-14-5-12(19)11(4-16(14)27-9)15-7-23-17(8-22-15)25-18(26)10-2-3-21-6-13(10)20/h2-8H,1H3,(H,23,25,26). The number of fused-ring (bicyclic) bond motifs is 1. The topological polar surface area (TPSA) is 93.8 Å². The van der Waals surface area contributed by atoms with E-state index < -0.39 is 11.7 Å². The second-order valence-electron chi connectivity index (χ2n) is 5.63. The Bertz CT molecular complexity index is 1160. The van der Waals surface area contributed by atoms with Crippen LogP contribution in [0.4, 0.5) is 10.2 Å². The average Bonchev–Trinajstić information content (AvgIpc) is 3.01. The molecule has 0 atom stereocenters. The third kappa shape index (κ3) is 3.34. The summed E-state index contributed by atoms with van der Waals surface area (Å²) in [5.41, 5.74) is 2.21. The zero-order valence-corrected chi connectivity index (χ0v) is 14.7. The van der Waals surface area contributed by atoms with Crippen LogP contribution >= 0.6 is 11.6 Å². The summed E-state index contributed by atoms with van der Waals surface area (Å²) in [7, 11) is 0. The number of aryl methyl sites for hydroxylation is 1. The number of nitrogens with one attached hydrogen (secondary N) is 1. The molecule has 27 heavy (non-hydrogen) atoms. The number of oxazole rings is 1. The van der Waals surface area contributed by atoms with Crippen LogP contribution in [0.5, 0.6) is 0 Å². The van der Waals surface area contributed by atoms with Crippen molar-refractivity contribution in [1.29, 1.82) is 0 Å². The number of hydrogen-bond acceptors (Lipinski definition) is 6. The number of carbonyl (C=O) groups is 1. The highest BCUT2D eigenvalue weighted by molar-refractivity contribution is 6.34. The molecule has 0 saturated carbocycles. The summed E-state index contributed by atoms with van der Waals surface area (Å²) in [6.07, 6.45) is 5.11. The molecular formula is C18H11ClFN5O2. The molecule has 0 aliphatic rings. The van der Waals surface area contributed by atoms with Crippen LogP contribution in [-0.4, -0.2) is 25.8 Å². The number of rotatable bonds is 3. The van der Waals surface area contributed by atoms with Gasteiger partial charge in [-0.3, -0.25) is 14.8 Å². The van der Waals surface area contributed by atoms with Gasteiger partial charge in [0.1, 0.15) is 5.52 Å². The first-order valence-electron chi connectivity index (χ1n) is 7.81. The average molecular weight is 384 g/mol. The first-order chi connectivity index (χ1) is 13.0. The molecule has 0 unspecified atom stereocenters. The predicted molar refractivity (Wildman–Crippen MR) is 96.9 cm³/mol. The van der Waals surface area contributed by atoms with E-state index in [4.69, 9.17) is 16.0 Å². The highest BCUT2D eigenvalue weighted by Crippen LogP contribution is 2.31. The third-order valence-electron chi connectivity index (χ3n) is 3.77. The number of aromatic nitrogens is 4. The lowest BCUT2D eigenvalue weighted by Gasteiger charge is -2.07. The van der Waals surface area contributed by atoms with Crippen LogP contribution < -0.4 is 5.32 Å². The van der Waals surface area contributed by atoms with Crippen molar-refractivity contribution in [2.75, 3.05) is 5.32 Å². The SMILES string of the molecule is Cc1nc2cc(Cl)c(-c3cnc(NC(=O)c4ccncc4F)cn3)cc2o1. The summed E-state index contributed by atoms with van der Waals surface area (Å²) in [5, 5.41) is 2.93. The smallest absolute Gasteiger partial charge is 0.259 e. The minimum atomic E-state index is -0.720. The van der Waals surface area contributed by atoms with Crippen molar-refractivity contribution in [2.45, 2.75) is 6.92 Å². The van der Waals surface area contributed by atoms with Gasteiger partial charge in [-0.25, -0.2) is 14.4 Å². The lowest BCUT2D eigenvalue weighted by atomic mass is 10.1. The summed E-state index contributed by atoms with van der Waals surface area (Å²) >= 11 is 6.30. The summed E-state index contributed by atoms with van der Waals surface area (Å²) in [5.74, 6) is -0.658. The van der Waals surface area contributed by atoms with Crippen molar-refractivity contribution < 1.29 is 13.6 Å². The van der Waals surface area contributed by atoms with Crippen LogP contribution in [0.15, 0.2) is 47.4 Å². The van der Waals surface area contributed by atoms with E-state index in [1.807, 2.05) is 0 Å². The summed E-state index contributed by atoms with van der Waals surface area (Å²) in [4.78, 5) is 28.3. The van der Waals surface area contributed by atoms with E-state index in [9.17, 15) is 9.18 Å². The molecule has 0 spiro atoms. The predicted octanol–water partition coefficient (Wildman–Crippen LogP) is 4.03. The fourth-order valence-corrected chi connectivity index (χ4v) is 2.79. The van der Waals surface area contributed by atoms with Gasteiger partial charge in [0.25, 0.3) is 5.91 Å². The van der Waals surface area contributed by atoms with Gasteiger partial charge >= 0.3 is 0 Å². The van der Waals surface area contributed by atoms with Crippen molar-refractivity contribution >= 4 is 34.4 Å². The number of anilines is 1. The van der Waals surface area contributed by atoms with Crippen LogP contribution in [0.3, 0.4) is 0 Å². The molecule has 4 rings (SSSR count). The van der Waals surface area contributed by atoms with Crippen LogP contribution in [0.1, 0.15) is 16.2 Å². The van der Waals surface area contributed by atoms with Gasteiger partial charge in [0.05, 0.1) is 34.9 Å². The van der Waals surface area contributed by atoms with E-state index in [-0.39, 0.29) is 11.4 Å². The second-order valence-corrected chi connectivity index (χ2v) is 6.04. The van der Waals surface area contributed by atoms with Crippen LogP contribution in [0.2, 0.25) is 5.02 Å². The quantitative estimate of drug-likeness (QED) is 0.574. The molecule has 0 radical (unpaired) electrons. The Kier molecular flexibility index (Phi) is 4.25. The minimum absolute atomic E-state index is 0.134. The maximum Gasteiger partial charge on any atom is 0.259 e. The molecule has 0 bridgehead atoms. The van der Waals surface area contributed by atoms with Gasteiger partial charge in [-0.1, -0.05) is 11.6 Å². The van der Waals surface area contributed by atoms with Gasteiger partial charge in [0.15, 0.2) is 23.1 Å². The van der Waals surface area contributed by atoms with E-state index in [1.54, 1.807) is 19.1 Å². The highest BCUT2D eigenvalue weighted by Gasteiger charge is 2.14. The van der Waals surface area contributed by atoms with E-state index in [0.29, 0.717) is 33.3 Å². The molecule has 0 aliphatic heterocycles. The Morgan fingerprint density at radius 2 is 2.07 bits per heavy atom. The number of hydrogen-bond donors (Lipinski definition) is 1. The number of halogens is 2. The molecule has 3 heterocycles. The van der Waals surface area contributed by atoms with Crippen molar-refractivity contribution in [2.24, 2.45) is 0 Å². The molecule has 0 saturated heterocycles. The second kappa shape index (κ2) is 6.73. The van der Waals surface area contributed by atoms with Crippen LogP contribution in [-0.2, 0) is 0 Å². The molecular weight excluding hydrogens is 373 g/mol. The maximum absolute atomic E-state index is 13.6. The summed E-state index contributed by atoms with van der Waals surface area (Å²) < 4.78 is 19.1. The van der Waals surface area contributed by atoms with Gasteiger partial charge < -0.3 is 9.73 Å². The summed E-state index contributed by atoms with van der Waals surface area (Å²) in [6.45, 7) is 1.75. The van der Waals surface area contributed by atoms with Crippen LogP contribution in [0.25, 0.3) is 22.4 Å². The van der Waals surface area contributed by atoms with E-state index in [1.165, 1.54) is 24.7 Å². The normalized spacial score (nSPS) is 10.9. The molecule has 9 heteroatoms. The largest absolute Gasteiger partial charge is 0.441 e. The monoisotopic (exact) mass is 383 g/mol. The lowest BCUT2D eigenvalue weighted by Crippen LogP contribution is -2.15. The van der Waals surface area contributed by atoms with E-state index >= 15 is 0 Å². The van der Waals surface area contributed by atoms with E-state index in [0.717, 1.165) is 6.20 Å². The molecule has 1 amide bonds. The van der Waals surface area contributed by atoms with Gasteiger partial charge in [-0.2, -0.15) is 0 Å². The molecule has 1 aromatic carbocycles. The molecule has 4 aromatic rings. The Balaban J connectivity index is 1.60.